The number of rotatable bonds is 4. The van der Waals surface area contributed by atoms with Crippen LogP contribution in [-0.2, 0) is 9.31 Å². The van der Waals surface area contributed by atoms with Gasteiger partial charge in [0.2, 0.25) is 0 Å². The van der Waals surface area contributed by atoms with E-state index in [0.29, 0.717) is 13.0 Å². The van der Waals surface area contributed by atoms with Crippen LogP contribution in [0.15, 0.2) is 12.1 Å². The molecule has 0 radical (unpaired) electrons. The second-order valence-corrected chi connectivity index (χ2v) is 5.23. The normalized spacial score (nSPS) is 21.3. The molecule has 0 saturated carbocycles. The van der Waals surface area contributed by atoms with Crippen LogP contribution in [0.5, 0.6) is 0 Å². The molecular formula is C11H20BNO4. The Bertz CT molecular complexity index is 311. The number of hydrogen-bond donors (Lipinski definition) is 2. The van der Waals surface area contributed by atoms with Gasteiger partial charge in [0.1, 0.15) is 0 Å². The summed E-state index contributed by atoms with van der Waals surface area (Å²) in [6, 6.07) is 0. The zero-order chi connectivity index (χ0) is 13.3. The fourth-order valence-electron chi connectivity index (χ4n) is 1.46. The van der Waals surface area contributed by atoms with E-state index in [1.54, 1.807) is 0 Å². The van der Waals surface area contributed by atoms with Crippen molar-refractivity contribution >= 4 is 13.2 Å². The number of nitrogens with one attached hydrogen (secondary N) is 1. The minimum Gasteiger partial charge on any atom is -0.465 e. The topological polar surface area (TPSA) is 67.8 Å². The van der Waals surface area contributed by atoms with Gasteiger partial charge < -0.3 is 19.7 Å². The lowest BCUT2D eigenvalue weighted by molar-refractivity contribution is 0.00578. The smallest absolute Gasteiger partial charge is 0.465 e. The second kappa shape index (κ2) is 4.70. The van der Waals surface area contributed by atoms with Gasteiger partial charge in [-0.15, -0.1) is 6.58 Å². The molecule has 1 saturated heterocycles. The molecule has 0 aromatic heterocycles. The summed E-state index contributed by atoms with van der Waals surface area (Å²) in [5.74, 6) is 0. The van der Waals surface area contributed by atoms with Crippen molar-refractivity contribution in [3.63, 3.8) is 0 Å². The average molecular weight is 241 g/mol. The lowest BCUT2D eigenvalue weighted by atomic mass is 9.77. The Kier molecular flexibility index (Phi) is 3.89. The lowest BCUT2D eigenvalue weighted by Crippen LogP contribution is -2.41. The van der Waals surface area contributed by atoms with E-state index in [1.165, 1.54) is 0 Å². The molecular weight excluding hydrogens is 221 g/mol. The van der Waals surface area contributed by atoms with Gasteiger partial charge >= 0.3 is 13.2 Å². The Balaban J connectivity index is 2.48. The van der Waals surface area contributed by atoms with Crippen LogP contribution in [0.25, 0.3) is 0 Å². The molecule has 1 heterocycles. The first-order chi connectivity index (χ1) is 7.66. The Morgan fingerprint density at radius 3 is 2.18 bits per heavy atom. The van der Waals surface area contributed by atoms with E-state index in [2.05, 4.69) is 11.9 Å². The molecule has 0 unspecified atom stereocenters. The SMILES string of the molecule is C=C(CCNC(=O)O)B1OC(C)(C)C(C)(C)O1. The van der Waals surface area contributed by atoms with E-state index in [4.69, 9.17) is 14.4 Å². The van der Waals surface area contributed by atoms with Gasteiger partial charge in [-0.25, -0.2) is 4.79 Å². The molecule has 1 amide bonds. The van der Waals surface area contributed by atoms with Crippen LogP contribution >= 0.6 is 0 Å². The fraction of sp³-hybridized carbons (Fsp3) is 0.727. The van der Waals surface area contributed by atoms with Crippen molar-refractivity contribution in [1.29, 1.82) is 0 Å². The average Bonchev–Trinajstić information content (AvgIpc) is 2.35. The van der Waals surface area contributed by atoms with Gasteiger partial charge in [0.05, 0.1) is 11.2 Å². The molecule has 2 N–H and O–H groups in total. The Hall–Kier alpha value is -1.01. The van der Waals surface area contributed by atoms with Crippen molar-refractivity contribution in [2.45, 2.75) is 45.3 Å². The molecule has 1 aliphatic heterocycles. The van der Waals surface area contributed by atoms with Crippen LogP contribution in [0, 0.1) is 0 Å². The highest BCUT2D eigenvalue weighted by Crippen LogP contribution is 2.38. The van der Waals surface area contributed by atoms with Gasteiger partial charge in [-0.3, -0.25) is 0 Å². The number of carboxylic acid groups (broad SMARTS) is 1. The van der Waals surface area contributed by atoms with Gasteiger partial charge in [-0.05, 0) is 39.6 Å². The van der Waals surface area contributed by atoms with Crippen LogP contribution in [0.3, 0.4) is 0 Å². The quantitative estimate of drug-likeness (QED) is 0.737. The van der Waals surface area contributed by atoms with Crippen molar-refractivity contribution < 1.29 is 19.2 Å². The minimum absolute atomic E-state index is 0.318. The molecule has 5 nitrogen and oxygen atoms in total. The van der Waals surface area contributed by atoms with Gasteiger partial charge in [0.15, 0.2) is 0 Å². The summed E-state index contributed by atoms with van der Waals surface area (Å²) in [7, 11) is -0.462. The third-order valence-electron chi connectivity index (χ3n) is 3.31. The second-order valence-electron chi connectivity index (χ2n) is 5.23. The summed E-state index contributed by atoms with van der Waals surface area (Å²) in [6.07, 6.45) is -0.532. The van der Waals surface area contributed by atoms with E-state index in [0.717, 1.165) is 5.47 Å². The maximum Gasteiger partial charge on any atom is 0.490 e. The molecule has 0 aromatic carbocycles. The molecule has 1 aliphatic rings. The summed E-state index contributed by atoms with van der Waals surface area (Å²) in [4.78, 5) is 10.3. The Morgan fingerprint density at radius 2 is 1.76 bits per heavy atom. The van der Waals surface area contributed by atoms with Crippen LogP contribution in [0.1, 0.15) is 34.1 Å². The van der Waals surface area contributed by atoms with E-state index in [9.17, 15) is 4.79 Å². The summed E-state index contributed by atoms with van der Waals surface area (Å²) >= 11 is 0. The van der Waals surface area contributed by atoms with Crippen molar-refractivity contribution in [2.24, 2.45) is 0 Å². The van der Waals surface area contributed by atoms with Crippen molar-refractivity contribution in [2.75, 3.05) is 6.54 Å². The molecule has 0 bridgehead atoms. The van der Waals surface area contributed by atoms with Gasteiger partial charge in [-0.2, -0.15) is 0 Å². The van der Waals surface area contributed by atoms with E-state index in [1.807, 2.05) is 27.7 Å². The highest BCUT2D eigenvalue weighted by Gasteiger charge is 2.51. The predicted octanol–water partition coefficient (Wildman–Crippen LogP) is 1.83. The highest BCUT2D eigenvalue weighted by atomic mass is 16.7. The largest absolute Gasteiger partial charge is 0.490 e. The highest BCUT2D eigenvalue weighted by molar-refractivity contribution is 6.54. The summed E-state index contributed by atoms with van der Waals surface area (Å²) in [5.41, 5.74) is -0.0285. The zero-order valence-corrected chi connectivity index (χ0v) is 10.9. The monoisotopic (exact) mass is 241 g/mol. The zero-order valence-electron chi connectivity index (χ0n) is 10.9. The first-order valence-electron chi connectivity index (χ1n) is 5.66. The number of amides is 1. The van der Waals surface area contributed by atoms with Crippen LogP contribution in [0.2, 0.25) is 0 Å². The molecule has 0 atom stereocenters. The molecule has 0 aliphatic carbocycles. The van der Waals surface area contributed by atoms with Crippen LogP contribution in [-0.4, -0.2) is 36.1 Å². The maximum absolute atomic E-state index is 10.3. The Morgan fingerprint density at radius 1 is 1.29 bits per heavy atom. The minimum atomic E-state index is -1.04. The van der Waals surface area contributed by atoms with E-state index >= 15 is 0 Å². The maximum atomic E-state index is 10.3. The molecule has 17 heavy (non-hydrogen) atoms. The first kappa shape index (κ1) is 14.1. The standard InChI is InChI=1S/C11H20BNO4/c1-8(6-7-13-9(14)15)12-16-10(2,3)11(4,5)17-12/h13H,1,6-7H2,2-5H3,(H,14,15). The molecule has 6 heteroatoms. The van der Waals surface area contributed by atoms with E-state index in [-0.39, 0.29) is 11.2 Å². The van der Waals surface area contributed by atoms with Crippen molar-refractivity contribution in [1.82, 2.24) is 5.32 Å². The molecule has 0 aromatic rings. The summed E-state index contributed by atoms with van der Waals surface area (Å²) < 4.78 is 11.6. The third-order valence-corrected chi connectivity index (χ3v) is 3.31. The van der Waals surface area contributed by atoms with Crippen molar-refractivity contribution in [3.05, 3.63) is 12.1 Å². The van der Waals surface area contributed by atoms with Crippen molar-refractivity contribution in [3.8, 4) is 0 Å². The number of hydrogen-bond acceptors (Lipinski definition) is 3. The first-order valence-corrected chi connectivity index (χ1v) is 5.66. The summed E-state index contributed by atoms with van der Waals surface area (Å²) in [5, 5.41) is 10.7. The van der Waals surface area contributed by atoms with Gasteiger partial charge in [0, 0.05) is 6.54 Å². The molecule has 1 rings (SSSR count). The third kappa shape index (κ3) is 3.23. The van der Waals surface area contributed by atoms with Crippen LogP contribution < -0.4 is 5.32 Å². The lowest BCUT2D eigenvalue weighted by Gasteiger charge is -2.32. The van der Waals surface area contributed by atoms with Gasteiger partial charge in [-0.1, -0.05) is 0 Å². The molecule has 0 spiro atoms. The van der Waals surface area contributed by atoms with Gasteiger partial charge in [0.25, 0.3) is 0 Å². The number of carbonyl (C=O) groups is 1. The fourth-order valence-corrected chi connectivity index (χ4v) is 1.46. The predicted molar refractivity (Wildman–Crippen MR) is 65.9 cm³/mol. The van der Waals surface area contributed by atoms with Crippen LogP contribution in [0.4, 0.5) is 4.79 Å². The Labute approximate surface area is 102 Å². The summed E-state index contributed by atoms with van der Waals surface area (Å²) in [6.45, 7) is 12.1. The molecule has 96 valence electrons. The van der Waals surface area contributed by atoms with E-state index < -0.39 is 13.2 Å². The molecule has 1 fully saturated rings.